The van der Waals surface area contributed by atoms with Gasteiger partial charge in [0.1, 0.15) is 11.4 Å². The number of nitrogens with one attached hydrogen (secondary N) is 1. The fourth-order valence-electron chi connectivity index (χ4n) is 3.03. The quantitative estimate of drug-likeness (QED) is 0.767. The summed E-state index contributed by atoms with van der Waals surface area (Å²) in [5.74, 6) is -0.00881. The Bertz CT molecular complexity index is 902. The molecule has 1 aliphatic carbocycles. The second-order valence-corrected chi connectivity index (χ2v) is 5.94. The molecular formula is C17H14F3N5. The van der Waals surface area contributed by atoms with E-state index in [1.54, 1.807) is 18.3 Å². The molecule has 3 aromatic heterocycles. The Morgan fingerprint density at radius 2 is 1.92 bits per heavy atom. The van der Waals surface area contributed by atoms with Crippen LogP contribution in [0.1, 0.15) is 29.8 Å². The molecule has 0 aliphatic heterocycles. The summed E-state index contributed by atoms with van der Waals surface area (Å²) < 4.78 is 39.9. The first-order chi connectivity index (χ1) is 12.0. The lowest BCUT2D eigenvalue weighted by Crippen LogP contribution is -2.11. The van der Waals surface area contributed by atoms with Gasteiger partial charge in [-0.05, 0) is 43.9 Å². The van der Waals surface area contributed by atoms with Crippen molar-refractivity contribution in [3.8, 4) is 22.8 Å². The zero-order valence-electron chi connectivity index (χ0n) is 13.1. The van der Waals surface area contributed by atoms with Gasteiger partial charge in [0.05, 0.1) is 5.69 Å². The van der Waals surface area contributed by atoms with Crippen LogP contribution in [0, 0.1) is 0 Å². The van der Waals surface area contributed by atoms with Gasteiger partial charge in [0.25, 0.3) is 0 Å². The van der Waals surface area contributed by atoms with Crippen LogP contribution < -0.4 is 0 Å². The van der Waals surface area contributed by atoms with E-state index in [1.165, 1.54) is 6.20 Å². The maximum Gasteiger partial charge on any atom is 0.433 e. The highest BCUT2D eigenvalue weighted by Crippen LogP contribution is 2.34. The average Bonchev–Trinajstić information content (AvgIpc) is 3.05. The molecule has 5 nitrogen and oxygen atoms in total. The second kappa shape index (κ2) is 5.94. The van der Waals surface area contributed by atoms with Crippen molar-refractivity contribution < 1.29 is 13.2 Å². The van der Waals surface area contributed by atoms with E-state index in [9.17, 15) is 13.2 Å². The smallest absolute Gasteiger partial charge is 0.282 e. The van der Waals surface area contributed by atoms with Crippen molar-refractivity contribution in [1.82, 2.24) is 25.1 Å². The van der Waals surface area contributed by atoms with Crippen LogP contribution in [0.4, 0.5) is 13.2 Å². The van der Waals surface area contributed by atoms with Crippen molar-refractivity contribution in [2.24, 2.45) is 0 Å². The van der Waals surface area contributed by atoms with Gasteiger partial charge < -0.3 is 0 Å². The van der Waals surface area contributed by atoms with Crippen LogP contribution in [0.2, 0.25) is 0 Å². The summed E-state index contributed by atoms with van der Waals surface area (Å²) in [5.41, 5.74) is 2.04. The number of alkyl halides is 3. The molecule has 0 saturated carbocycles. The minimum atomic E-state index is -4.56. The number of H-pyrrole nitrogens is 1. The Morgan fingerprint density at radius 1 is 1.08 bits per heavy atom. The van der Waals surface area contributed by atoms with E-state index in [4.69, 9.17) is 0 Å². The molecule has 0 fully saturated rings. The molecule has 0 spiro atoms. The maximum absolute atomic E-state index is 13.3. The highest BCUT2D eigenvalue weighted by Gasteiger charge is 2.34. The number of aromatic amines is 1. The molecule has 0 saturated heterocycles. The Labute approximate surface area is 141 Å². The van der Waals surface area contributed by atoms with Gasteiger partial charge in [0.2, 0.25) is 0 Å². The van der Waals surface area contributed by atoms with Crippen LogP contribution in [0.25, 0.3) is 22.8 Å². The predicted molar refractivity (Wildman–Crippen MR) is 84.5 cm³/mol. The van der Waals surface area contributed by atoms with Gasteiger partial charge in [-0.2, -0.15) is 18.3 Å². The molecule has 0 radical (unpaired) electrons. The van der Waals surface area contributed by atoms with E-state index in [1.807, 2.05) is 0 Å². The van der Waals surface area contributed by atoms with Crippen LogP contribution in [0.15, 0.2) is 30.6 Å². The summed E-state index contributed by atoms with van der Waals surface area (Å²) in [6.07, 6.45) is 2.11. The first-order valence-electron chi connectivity index (χ1n) is 7.95. The minimum Gasteiger partial charge on any atom is -0.282 e. The van der Waals surface area contributed by atoms with Crippen LogP contribution in [-0.4, -0.2) is 25.1 Å². The number of aryl methyl sites for hydroxylation is 1. The molecule has 3 aromatic rings. The van der Waals surface area contributed by atoms with Gasteiger partial charge in [-0.15, -0.1) is 0 Å². The topological polar surface area (TPSA) is 67.3 Å². The van der Waals surface area contributed by atoms with Crippen molar-refractivity contribution in [3.63, 3.8) is 0 Å². The number of aromatic nitrogens is 5. The lowest BCUT2D eigenvalue weighted by Gasteiger charge is -2.13. The molecule has 0 atom stereocenters. The van der Waals surface area contributed by atoms with Crippen LogP contribution in [0.3, 0.4) is 0 Å². The zero-order chi connectivity index (χ0) is 17.4. The van der Waals surface area contributed by atoms with E-state index < -0.39 is 11.9 Å². The number of pyridine rings is 1. The van der Waals surface area contributed by atoms with Gasteiger partial charge in [-0.25, -0.2) is 9.97 Å². The normalized spacial score (nSPS) is 14.4. The van der Waals surface area contributed by atoms with Crippen LogP contribution in [0.5, 0.6) is 0 Å². The first-order valence-corrected chi connectivity index (χ1v) is 7.95. The van der Waals surface area contributed by atoms with Crippen molar-refractivity contribution in [1.29, 1.82) is 0 Å². The highest BCUT2D eigenvalue weighted by atomic mass is 19.4. The van der Waals surface area contributed by atoms with Gasteiger partial charge >= 0.3 is 6.18 Å². The lowest BCUT2D eigenvalue weighted by molar-refractivity contribution is -0.141. The summed E-state index contributed by atoms with van der Waals surface area (Å²) >= 11 is 0. The Kier molecular flexibility index (Phi) is 3.74. The summed E-state index contributed by atoms with van der Waals surface area (Å²) in [5, 5.41) is 7.17. The van der Waals surface area contributed by atoms with Crippen molar-refractivity contribution in [2.45, 2.75) is 31.9 Å². The Morgan fingerprint density at radius 3 is 2.68 bits per heavy atom. The van der Waals surface area contributed by atoms with Gasteiger partial charge in [-0.1, -0.05) is 0 Å². The summed E-state index contributed by atoms with van der Waals surface area (Å²) in [7, 11) is 0. The number of rotatable bonds is 2. The molecule has 1 aliphatic rings. The largest absolute Gasteiger partial charge is 0.433 e. The highest BCUT2D eigenvalue weighted by molar-refractivity contribution is 5.64. The molecule has 0 aromatic carbocycles. The van der Waals surface area contributed by atoms with E-state index >= 15 is 0 Å². The SMILES string of the molecule is FC(F)(F)c1cc(-c2n[nH]c3c2CCCC3)nc(-c2cccnc2)n1. The third kappa shape index (κ3) is 2.99. The molecule has 128 valence electrons. The molecule has 0 amide bonds. The number of hydrogen-bond acceptors (Lipinski definition) is 4. The minimum absolute atomic E-state index is 0.00881. The van der Waals surface area contributed by atoms with E-state index in [2.05, 4.69) is 25.1 Å². The molecule has 0 unspecified atom stereocenters. The van der Waals surface area contributed by atoms with E-state index in [0.29, 0.717) is 11.3 Å². The molecule has 3 heterocycles. The first kappa shape index (κ1) is 15.7. The summed E-state index contributed by atoms with van der Waals surface area (Å²) in [6, 6.07) is 4.23. The number of nitrogens with zero attached hydrogens (tertiary/aromatic N) is 4. The number of hydrogen-bond donors (Lipinski definition) is 1. The molecule has 0 bridgehead atoms. The third-order valence-corrected chi connectivity index (χ3v) is 4.24. The standard InChI is InChI=1S/C17H14F3N5/c18-17(19,20)14-8-13(15-11-5-1-2-6-12(11)24-25-15)22-16(23-14)10-4-3-7-21-9-10/h3-4,7-9H,1-2,5-6H2,(H,24,25). The second-order valence-electron chi connectivity index (χ2n) is 5.94. The lowest BCUT2D eigenvalue weighted by atomic mass is 9.95. The number of fused-ring (bicyclic) bond motifs is 1. The Hall–Kier alpha value is -2.77. The zero-order valence-corrected chi connectivity index (χ0v) is 13.1. The van der Waals surface area contributed by atoms with Crippen molar-refractivity contribution >= 4 is 0 Å². The molecule has 1 N–H and O–H groups in total. The molecule has 25 heavy (non-hydrogen) atoms. The summed E-state index contributed by atoms with van der Waals surface area (Å²) in [6.45, 7) is 0. The monoisotopic (exact) mass is 345 g/mol. The van der Waals surface area contributed by atoms with Crippen LogP contribution >= 0.6 is 0 Å². The Balaban J connectivity index is 1.89. The summed E-state index contributed by atoms with van der Waals surface area (Å²) in [4.78, 5) is 11.9. The van der Waals surface area contributed by atoms with Gasteiger partial charge in [0.15, 0.2) is 5.82 Å². The fraction of sp³-hybridized carbons (Fsp3) is 0.294. The van der Waals surface area contributed by atoms with Gasteiger partial charge in [-0.3, -0.25) is 10.1 Å². The predicted octanol–water partition coefficient (Wildman–Crippen LogP) is 3.83. The van der Waals surface area contributed by atoms with Crippen LogP contribution in [-0.2, 0) is 19.0 Å². The molecule has 8 heteroatoms. The van der Waals surface area contributed by atoms with E-state index in [0.717, 1.165) is 43.0 Å². The van der Waals surface area contributed by atoms with Crippen molar-refractivity contribution in [3.05, 3.63) is 47.5 Å². The number of halogens is 3. The maximum atomic E-state index is 13.3. The van der Waals surface area contributed by atoms with E-state index in [-0.39, 0.29) is 11.5 Å². The molecule has 4 rings (SSSR count). The average molecular weight is 345 g/mol. The van der Waals surface area contributed by atoms with Gasteiger partial charge in [0, 0.05) is 29.2 Å². The fourth-order valence-corrected chi connectivity index (χ4v) is 3.03. The third-order valence-electron chi connectivity index (χ3n) is 4.24. The van der Waals surface area contributed by atoms with Crippen molar-refractivity contribution in [2.75, 3.05) is 0 Å². The molecular weight excluding hydrogens is 331 g/mol.